The number of aromatic nitrogens is 2. The lowest BCUT2D eigenvalue weighted by Gasteiger charge is -2.20. The molecule has 0 fully saturated rings. The zero-order chi connectivity index (χ0) is 19.1. The van der Waals surface area contributed by atoms with Crippen LogP contribution in [-0.4, -0.2) is 48.0 Å². The van der Waals surface area contributed by atoms with Crippen LogP contribution in [0.25, 0.3) is 0 Å². The van der Waals surface area contributed by atoms with E-state index in [0.29, 0.717) is 31.7 Å². The first-order valence-corrected chi connectivity index (χ1v) is 10.2. The number of aryl methyl sites for hydroxylation is 2. The summed E-state index contributed by atoms with van der Waals surface area (Å²) in [7, 11) is -1.75. The van der Waals surface area contributed by atoms with Crippen molar-refractivity contribution in [2.24, 2.45) is 7.05 Å². The zero-order valence-corrected chi connectivity index (χ0v) is 16.4. The molecule has 140 valence electrons. The Bertz CT molecular complexity index is 945. The standard InChI is InChI=1S/C18H24N4O3S/c1-5-21(6-2)26(24,25)15-7-8-16-14(12-15)9-10-22(16)18(23)17-11-13(3)19-20(17)4/h7-8,11-12H,5-6,9-10H2,1-4H3. The molecule has 1 aliphatic heterocycles. The summed E-state index contributed by atoms with van der Waals surface area (Å²) in [6.07, 6.45) is 0.638. The fourth-order valence-electron chi connectivity index (χ4n) is 3.41. The molecule has 0 unspecified atom stereocenters. The summed E-state index contributed by atoms with van der Waals surface area (Å²) in [4.78, 5) is 14.8. The number of hydrogen-bond donors (Lipinski definition) is 0. The van der Waals surface area contributed by atoms with E-state index in [1.165, 1.54) is 4.31 Å². The van der Waals surface area contributed by atoms with Crippen molar-refractivity contribution in [3.63, 3.8) is 0 Å². The molecule has 0 bridgehead atoms. The van der Waals surface area contributed by atoms with Crippen LogP contribution in [0.4, 0.5) is 5.69 Å². The summed E-state index contributed by atoms with van der Waals surface area (Å²) in [6.45, 7) is 6.89. The molecule has 1 aromatic heterocycles. The summed E-state index contributed by atoms with van der Waals surface area (Å²) < 4.78 is 28.4. The molecule has 0 radical (unpaired) electrons. The molecular weight excluding hydrogens is 352 g/mol. The first-order valence-electron chi connectivity index (χ1n) is 8.75. The minimum atomic E-state index is -3.50. The van der Waals surface area contributed by atoms with Gasteiger partial charge in [0, 0.05) is 32.4 Å². The monoisotopic (exact) mass is 376 g/mol. The highest BCUT2D eigenvalue weighted by molar-refractivity contribution is 7.89. The van der Waals surface area contributed by atoms with Gasteiger partial charge in [-0.05, 0) is 43.2 Å². The Morgan fingerprint density at radius 1 is 1.23 bits per heavy atom. The van der Waals surface area contributed by atoms with Crippen molar-refractivity contribution in [3.8, 4) is 0 Å². The molecule has 2 aromatic rings. The van der Waals surface area contributed by atoms with E-state index >= 15 is 0 Å². The number of anilines is 1. The predicted octanol–water partition coefficient (Wildman–Crippen LogP) is 1.96. The van der Waals surface area contributed by atoms with Crippen LogP contribution in [-0.2, 0) is 23.5 Å². The van der Waals surface area contributed by atoms with Crippen LogP contribution in [0.1, 0.15) is 35.6 Å². The summed E-state index contributed by atoms with van der Waals surface area (Å²) >= 11 is 0. The van der Waals surface area contributed by atoms with Gasteiger partial charge in [0.1, 0.15) is 5.69 Å². The van der Waals surface area contributed by atoms with Gasteiger partial charge in [0.15, 0.2) is 0 Å². The van der Waals surface area contributed by atoms with E-state index in [1.807, 2.05) is 20.8 Å². The summed E-state index contributed by atoms with van der Waals surface area (Å²) in [5.41, 5.74) is 2.96. The summed E-state index contributed by atoms with van der Waals surface area (Å²) in [5, 5.41) is 4.23. The number of fused-ring (bicyclic) bond motifs is 1. The quantitative estimate of drug-likeness (QED) is 0.799. The fraction of sp³-hybridized carbons (Fsp3) is 0.444. The van der Waals surface area contributed by atoms with Crippen molar-refractivity contribution in [2.45, 2.75) is 32.1 Å². The molecule has 0 N–H and O–H groups in total. The van der Waals surface area contributed by atoms with E-state index in [0.717, 1.165) is 16.9 Å². The van der Waals surface area contributed by atoms with E-state index < -0.39 is 10.0 Å². The number of benzene rings is 1. The van der Waals surface area contributed by atoms with Gasteiger partial charge < -0.3 is 4.90 Å². The maximum atomic E-state index is 12.9. The van der Waals surface area contributed by atoms with Crippen LogP contribution in [0.15, 0.2) is 29.2 Å². The van der Waals surface area contributed by atoms with Crippen LogP contribution in [0.5, 0.6) is 0 Å². The number of sulfonamides is 1. The minimum Gasteiger partial charge on any atom is -0.306 e. The average Bonchev–Trinajstić information content (AvgIpc) is 3.17. The van der Waals surface area contributed by atoms with Crippen molar-refractivity contribution in [1.82, 2.24) is 14.1 Å². The Balaban J connectivity index is 1.94. The highest BCUT2D eigenvalue weighted by atomic mass is 32.2. The van der Waals surface area contributed by atoms with Crippen LogP contribution >= 0.6 is 0 Å². The first-order chi connectivity index (χ1) is 12.3. The maximum Gasteiger partial charge on any atom is 0.276 e. The Morgan fingerprint density at radius 3 is 2.50 bits per heavy atom. The van der Waals surface area contributed by atoms with Crippen molar-refractivity contribution in [2.75, 3.05) is 24.5 Å². The van der Waals surface area contributed by atoms with Crippen molar-refractivity contribution in [3.05, 3.63) is 41.2 Å². The molecule has 26 heavy (non-hydrogen) atoms. The summed E-state index contributed by atoms with van der Waals surface area (Å²) in [5.74, 6) is -0.119. The van der Waals surface area contributed by atoms with E-state index in [-0.39, 0.29) is 10.8 Å². The number of nitrogens with zero attached hydrogens (tertiary/aromatic N) is 4. The Labute approximate surface area is 154 Å². The average molecular weight is 376 g/mol. The second kappa shape index (κ2) is 6.85. The van der Waals surface area contributed by atoms with E-state index in [2.05, 4.69) is 5.10 Å². The normalized spacial score (nSPS) is 14.1. The Hall–Kier alpha value is -2.19. The molecule has 3 rings (SSSR count). The topological polar surface area (TPSA) is 75.5 Å². The van der Waals surface area contributed by atoms with Gasteiger partial charge in [-0.25, -0.2) is 8.42 Å². The molecule has 0 saturated carbocycles. The van der Waals surface area contributed by atoms with Gasteiger partial charge in [0.2, 0.25) is 10.0 Å². The third-order valence-electron chi connectivity index (χ3n) is 4.76. The van der Waals surface area contributed by atoms with Gasteiger partial charge in [-0.2, -0.15) is 9.40 Å². The largest absolute Gasteiger partial charge is 0.306 e. The number of carbonyl (C=O) groups excluding carboxylic acids is 1. The van der Waals surface area contributed by atoms with Crippen LogP contribution in [0, 0.1) is 6.92 Å². The smallest absolute Gasteiger partial charge is 0.276 e. The van der Waals surface area contributed by atoms with Gasteiger partial charge in [-0.1, -0.05) is 13.8 Å². The lowest BCUT2D eigenvalue weighted by atomic mass is 10.2. The fourth-order valence-corrected chi connectivity index (χ4v) is 4.92. The number of hydrogen-bond acceptors (Lipinski definition) is 4. The van der Waals surface area contributed by atoms with Gasteiger partial charge in [0.25, 0.3) is 5.91 Å². The van der Waals surface area contributed by atoms with Crippen molar-refractivity contribution < 1.29 is 13.2 Å². The Morgan fingerprint density at radius 2 is 1.92 bits per heavy atom. The van der Waals surface area contributed by atoms with Gasteiger partial charge in [0.05, 0.1) is 10.6 Å². The highest BCUT2D eigenvalue weighted by Crippen LogP contribution is 2.32. The van der Waals surface area contributed by atoms with Crippen LogP contribution in [0.3, 0.4) is 0 Å². The predicted molar refractivity (Wildman–Crippen MR) is 99.9 cm³/mol. The second-order valence-corrected chi connectivity index (χ2v) is 8.32. The second-order valence-electron chi connectivity index (χ2n) is 6.38. The molecule has 1 aliphatic rings. The van der Waals surface area contributed by atoms with Crippen LogP contribution < -0.4 is 4.90 Å². The van der Waals surface area contributed by atoms with E-state index in [9.17, 15) is 13.2 Å². The highest BCUT2D eigenvalue weighted by Gasteiger charge is 2.30. The van der Waals surface area contributed by atoms with Gasteiger partial charge >= 0.3 is 0 Å². The van der Waals surface area contributed by atoms with Gasteiger partial charge in [-0.3, -0.25) is 9.48 Å². The van der Waals surface area contributed by atoms with Crippen molar-refractivity contribution in [1.29, 1.82) is 0 Å². The third-order valence-corrected chi connectivity index (χ3v) is 6.80. The summed E-state index contributed by atoms with van der Waals surface area (Å²) in [6, 6.07) is 6.79. The molecule has 0 spiro atoms. The van der Waals surface area contributed by atoms with Gasteiger partial charge in [-0.15, -0.1) is 0 Å². The molecule has 1 aromatic carbocycles. The molecule has 2 heterocycles. The minimum absolute atomic E-state index is 0.119. The molecule has 7 nitrogen and oxygen atoms in total. The molecular formula is C18H24N4O3S. The zero-order valence-electron chi connectivity index (χ0n) is 15.6. The molecule has 0 aliphatic carbocycles. The lowest BCUT2D eigenvalue weighted by Crippen LogP contribution is -2.31. The third kappa shape index (κ3) is 3.03. The molecule has 1 amide bonds. The van der Waals surface area contributed by atoms with Crippen molar-refractivity contribution >= 4 is 21.6 Å². The number of carbonyl (C=O) groups is 1. The lowest BCUT2D eigenvalue weighted by molar-refractivity contribution is 0.0980. The number of amides is 1. The maximum absolute atomic E-state index is 12.9. The SMILES string of the molecule is CCN(CC)S(=O)(=O)c1ccc2c(c1)CCN2C(=O)c1cc(C)nn1C. The molecule has 0 saturated heterocycles. The molecule has 0 atom stereocenters. The number of rotatable bonds is 5. The van der Waals surface area contributed by atoms with E-state index in [1.54, 1.807) is 40.9 Å². The first kappa shape index (κ1) is 18.6. The van der Waals surface area contributed by atoms with E-state index in [4.69, 9.17) is 0 Å². The Kier molecular flexibility index (Phi) is 4.90. The van der Waals surface area contributed by atoms with Crippen LogP contribution in [0.2, 0.25) is 0 Å². The molecule has 8 heteroatoms.